The van der Waals surface area contributed by atoms with Crippen LogP contribution in [0.4, 0.5) is 0 Å². The van der Waals surface area contributed by atoms with Gasteiger partial charge < -0.3 is 9.80 Å². The average Bonchev–Trinajstić information content (AvgIpc) is 2.77. The van der Waals surface area contributed by atoms with Crippen LogP contribution in [0.25, 0.3) is 0 Å². The molecule has 0 bridgehead atoms. The predicted octanol–water partition coefficient (Wildman–Crippen LogP) is 3.14. The molecule has 26 heavy (non-hydrogen) atoms. The van der Waals surface area contributed by atoms with Crippen LogP contribution >= 0.6 is 0 Å². The fraction of sp³-hybridized carbons (Fsp3) is 0.381. The second-order valence-electron chi connectivity index (χ2n) is 6.68. The summed E-state index contributed by atoms with van der Waals surface area (Å²) in [6, 6.07) is 9.77. The highest BCUT2D eigenvalue weighted by atomic mass is 16.2. The van der Waals surface area contributed by atoms with E-state index in [0.29, 0.717) is 0 Å². The van der Waals surface area contributed by atoms with E-state index >= 15 is 0 Å². The largest absolute Gasteiger partial charge is 0.315 e. The van der Waals surface area contributed by atoms with Crippen molar-refractivity contribution in [3.05, 3.63) is 59.4 Å². The lowest BCUT2D eigenvalue weighted by atomic mass is 9.91. The van der Waals surface area contributed by atoms with Crippen LogP contribution in [0.2, 0.25) is 0 Å². The second kappa shape index (κ2) is 7.68. The van der Waals surface area contributed by atoms with Crippen LogP contribution in [0.15, 0.2) is 58.9 Å². The molecule has 0 fully saturated rings. The lowest BCUT2D eigenvalue weighted by molar-refractivity contribution is -0.131. The van der Waals surface area contributed by atoms with E-state index < -0.39 is 0 Å². The van der Waals surface area contributed by atoms with Gasteiger partial charge in [0.2, 0.25) is 11.8 Å². The molecule has 0 saturated heterocycles. The molecule has 3 rings (SSSR count). The van der Waals surface area contributed by atoms with Gasteiger partial charge in [0.25, 0.3) is 0 Å². The molecule has 5 heteroatoms. The maximum Gasteiger partial charge on any atom is 0.248 e. The van der Waals surface area contributed by atoms with Gasteiger partial charge >= 0.3 is 0 Å². The van der Waals surface area contributed by atoms with Gasteiger partial charge in [-0.05, 0) is 12.5 Å². The third-order valence-electron chi connectivity index (χ3n) is 4.93. The summed E-state index contributed by atoms with van der Waals surface area (Å²) in [5.41, 5.74) is 3.61. The Morgan fingerprint density at radius 1 is 1.27 bits per heavy atom. The van der Waals surface area contributed by atoms with Gasteiger partial charge in [0, 0.05) is 31.3 Å². The number of nitrogens with zero attached hydrogens (tertiary/aromatic N) is 3. The monoisotopic (exact) mass is 351 g/mol. The van der Waals surface area contributed by atoms with E-state index in [4.69, 9.17) is 0 Å². The van der Waals surface area contributed by atoms with Gasteiger partial charge in [0.05, 0.1) is 17.5 Å². The third kappa shape index (κ3) is 3.34. The number of rotatable bonds is 4. The van der Waals surface area contributed by atoms with Gasteiger partial charge in [-0.15, -0.1) is 0 Å². The van der Waals surface area contributed by atoms with Gasteiger partial charge in [-0.25, -0.2) is 0 Å². The van der Waals surface area contributed by atoms with Crippen molar-refractivity contribution in [2.45, 2.75) is 39.2 Å². The number of carbonyl (C=O) groups excluding carboxylic acids is 2. The molecule has 0 aliphatic carbocycles. The molecule has 0 N–H and O–H groups in total. The van der Waals surface area contributed by atoms with Crippen LogP contribution in [0.1, 0.15) is 38.7 Å². The molecule has 2 aliphatic rings. The van der Waals surface area contributed by atoms with Crippen molar-refractivity contribution in [2.24, 2.45) is 4.99 Å². The van der Waals surface area contributed by atoms with E-state index in [1.807, 2.05) is 42.6 Å². The van der Waals surface area contributed by atoms with Gasteiger partial charge in [-0.3, -0.25) is 14.6 Å². The molecular weight excluding hydrogens is 326 g/mol. The van der Waals surface area contributed by atoms with Crippen LogP contribution in [-0.4, -0.2) is 47.0 Å². The van der Waals surface area contributed by atoms with Crippen LogP contribution in [0, 0.1) is 0 Å². The van der Waals surface area contributed by atoms with Gasteiger partial charge in [-0.1, -0.05) is 50.1 Å². The number of hydrogen-bond acceptors (Lipinski definition) is 3. The van der Waals surface area contributed by atoms with Crippen LogP contribution in [-0.2, 0) is 9.59 Å². The Morgan fingerprint density at radius 3 is 2.65 bits per heavy atom. The standard InChI is InChI=1S/C21H25N3O2/c1-4-5-11-18-21-17(12-13-24(18)15(2)25)20(16-9-7-6-8-10-16)22-14-19(26)23(21)3/h6-10,12-13,18H,4-5,11,14H2,1-3H3. The van der Waals surface area contributed by atoms with Crippen molar-refractivity contribution in [2.75, 3.05) is 13.6 Å². The minimum Gasteiger partial charge on any atom is -0.315 e. The maximum atomic E-state index is 12.6. The summed E-state index contributed by atoms with van der Waals surface area (Å²) >= 11 is 0. The minimum absolute atomic E-state index is 0.0165. The Hall–Kier alpha value is -2.69. The average molecular weight is 351 g/mol. The molecule has 1 unspecified atom stereocenters. The summed E-state index contributed by atoms with van der Waals surface area (Å²) < 4.78 is 0. The highest BCUT2D eigenvalue weighted by Crippen LogP contribution is 2.32. The van der Waals surface area contributed by atoms with E-state index in [0.717, 1.165) is 41.8 Å². The van der Waals surface area contributed by atoms with E-state index in [1.165, 1.54) is 0 Å². The molecule has 5 nitrogen and oxygen atoms in total. The molecule has 2 aliphatic heterocycles. The highest BCUT2D eigenvalue weighted by Gasteiger charge is 2.35. The summed E-state index contributed by atoms with van der Waals surface area (Å²) in [7, 11) is 1.79. The molecule has 0 aromatic heterocycles. The number of amides is 2. The topological polar surface area (TPSA) is 53.0 Å². The lowest BCUT2D eigenvalue weighted by Gasteiger charge is -2.37. The zero-order chi connectivity index (χ0) is 18.7. The molecule has 0 radical (unpaired) electrons. The molecule has 1 aromatic rings. The quantitative estimate of drug-likeness (QED) is 0.837. The molecule has 2 amide bonds. The zero-order valence-corrected chi connectivity index (χ0v) is 15.6. The molecule has 0 spiro atoms. The van der Waals surface area contributed by atoms with Crippen molar-refractivity contribution in [3.8, 4) is 0 Å². The van der Waals surface area contributed by atoms with Crippen molar-refractivity contribution in [1.82, 2.24) is 9.80 Å². The second-order valence-corrected chi connectivity index (χ2v) is 6.68. The third-order valence-corrected chi connectivity index (χ3v) is 4.93. The van der Waals surface area contributed by atoms with Crippen molar-refractivity contribution < 1.29 is 9.59 Å². The first-order valence-electron chi connectivity index (χ1n) is 9.12. The summed E-state index contributed by atoms with van der Waals surface area (Å²) in [4.78, 5) is 32.8. The molecule has 136 valence electrons. The first kappa shape index (κ1) is 18.1. The van der Waals surface area contributed by atoms with E-state index in [-0.39, 0.29) is 24.4 Å². The SMILES string of the molecule is CCCCC1C2=C(C=CN1C(C)=O)C(c1ccccc1)=NCC(=O)N2C. The molecular formula is C21H25N3O2. The number of benzene rings is 1. The van der Waals surface area contributed by atoms with Crippen LogP contribution < -0.4 is 0 Å². The molecule has 2 heterocycles. The van der Waals surface area contributed by atoms with Gasteiger partial charge in [0.15, 0.2) is 0 Å². The fourth-order valence-corrected chi connectivity index (χ4v) is 3.57. The normalized spacial score (nSPS) is 20.0. The van der Waals surface area contributed by atoms with Gasteiger partial charge in [-0.2, -0.15) is 0 Å². The van der Waals surface area contributed by atoms with Crippen LogP contribution in [0.3, 0.4) is 0 Å². The first-order valence-corrected chi connectivity index (χ1v) is 9.12. The van der Waals surface area contributed by atoms with Gasteiger partial charge in [0.1, 0.15) is 6.54 Å². The summed E-state index contributed by atoms with van der Waals surface area (Å²) in [6.07, 6.45) is 6.59. The smallest absolute Gasteiger partial charge is 0.248 e. The summed E-state index contributed by atoms with van der Waals surface area (Å²) in [6.45, 7) is 3.81. The van der Waals surface area contributed by atoms with E-state index in [9.17, 15) is 9.59 Å². The number of unbranched alkanes of at least 4 members (excludes halogenated alkanes) is 1. The van der Waals surface area contributed by atoms with Crippen molar-refractivity contribution in [1.29, 1.82) is 0 Å². The van der Waals surface area contributed by atoms with E-state index in [2.05, 4.69) is 11.9 Å². The highest BCUT2D eigenvalue weighted by molar-refractivity contribution is 6.16. The predicted molar refractivity (Wildman–Crippen MR) is 103 cm³/mol. The molecule has 1 aromatic carbocycles. The Bertz CT molecular complexity index is 793. The number of likely N-dealkylation sites (N-methyl/N-ethyl adjacent to an activating group) is 1. The Labute approximate surface area is 154 Å². The Morgan fingerprint density at radius 2 is 2.00 bits per heavy atom. The minimum atomic E-state index is -0.145. The Kier molecular flexibility index (Phi) is 5.35. The molecule has 1 atom stereocenters. The lowest BCUT2D eigenvalue weighted by Crippen LogP contribution is -2.45. The maximum absolute atomic E-state index is 12.6. The first-order chi connectivity index (χ1) is 12.5. The number of allylic oxidation sites excluding steroid dienone is 2. The Balaban J connectivity index is 2.15. The fourth-order valence-electron chi connectivity index (χ4n) is 3.57. The number of hydrogen-bond donors (Lipinski definition) is 0. The van der Waals surface area contributed by atoms with Crippen LogP contribution in [0.5, 0.6) is 0 Å². The van der Waals surface area contributed by atoms with Crippen molar-refractivity contribution in [3.63, 3.8) is 0 Å². The number of aliphatic imine (C=N–C) groups is 1. The zero-order valence-electron chi connectivity index (χ0n) is 15.6. The molecule has 0 saturated carbocycles. The van der Waals surface area contributed by atoms with Crippen molar-refractivity contribution >= 4 is 17.5 Å². The number of carbonyl (C=O) groups is 2. The van der Waals surface area contributed by atoms with E-state index in [1.54, 1.807) is 23.8 Å². The summed E-state index contributed by atoms with van der Waals surface area (Å²) in [5.74, 6) is -0.0686. The summed E-state index contributed by atoms with van der Waals surface area (Å²) in [5, 5.41) is 0.